The summed E-state index contributed by atoms with van der Waals surface area (Å²) in [6, 6.07) is 55.9. The van der Waals surface area contributed by atoms with Gasteiger partial charge in [0.25, 0.3) is 0 Å². The van der Waals surface area contributed by atoms with Crippen molar-refractivity contribution < 1.29 is 30.9 Å². The molecule has 1 fully saturated rings. The number of para-hydroxylation sites is 2. The minimum absolute atomic E-state index is 0.139. The molecule has 13 rings (SSSR count). The zero-order chi connectivity index (χ0) is 52.1. The van der Waals surface area contributed by atoms with Crippen LogP contribution in [0, 0.1) is 9.72 Å². The van der Waals surface area contributed by atoms with Crippen LogP contribution in [0.15, 0.2) is 200 Å². The van der Waals surface area contributed by atoms with E-state index in [2.05, 4.69) is 169 Å². The Morgan fingerprint density at radius 2 is 1.34 bits per heavy atom. The predicted octanol–water partition coefficient (Wildman–Crippen LogP) is 16.9. The summed E-state index contributed by atoms with van der Waals surface area (Å²) in [5.74, 6) is 3.36. The van der Waals surface area contributed by atoms with Crippen molar-refractivity contribution in [2.75, 3.05) is 0 Å². The number of imidazole rings is 1. The van der Waals surface area contributed by atoms with Gasteiger partial charge < -0.3 is 0 Å². The summed E-state index contributed by atoms with van der Waals surface area (Å²) in [6.07, 6.45) is 7.99. The number of rotatable bonds is 8. The minimum Gasteiger partial charge on any atom is -0.0617 e. The monoisotopic (exact) mass is 1110 g/mol. The van der Waals surface area contributed by atoms with Gasteiger partial charge in [0.2, 0.25) is 0 Å². The summed E-state index contributed by atoms with van der Waals surface area (Å²) in [5, 5.41) is 1.76. The van der Waals surface area contributed by atoms with E-state index >= 15 is 0 Å². The van der Waals surface area contributed by atoms with E-state index in [1.165, 1.54) is 64.8 Å². The van der Waals surface area contributed by atoms with Crippen molar-refractivity contribution in [1.29, 1.82) is 0 Å². The molecular formula is C65H54N4OPt. The quantitative estimate of drug-likeness (QED) is 0.152. The number of ether oxygens (including phenoxy) is 1. The third kappa shape index (κ3) is 7.56. The molecule has 11 aromatic rings. The summed E-state index contributed by atoms with van der Waals surface area (Å²) in [7, 11) is 0. The maximum atomic E-state index is 8.79. The van der Waals surface area contributed by atoms with Crippen LogP contribution in [-0.2, 0) is 31.2 Å². The average molecular weight is 1110 g/mol. The number of aromatic nitrogens is 4. The molecule has 3 aromatic heterocycles. The Morgan fingerprint density at radius 1 is 0.592 bits per heavy atom. The van der Waals surface area contributed by atoms with Gasteiger partial charge in [-0.25, -0.2) is 0 Å². The fourth-order valence-electron chi connectivity index (χ4n) is 11.7. The molecule has 5 nitrogen and oxygen atoms in total. The SMILES string of the molecule is [2H]c1c([2H])c([2H])c(-c2ccc3c(c2)c2ccc(Oc4cccc(-n5[c](=[Pt])n(-c6c(-c7ccccc7)cc7c(c6-c6ccccc6)CCC6CCCC76)c6ccccc65)c4)cc2n3-c2cc(C(C)(C)C)ccn2)c([2H])c1[2H]. The Hall–Kier alpha value is -7.33. The van der Waals surface area contributed by atoms with Crippen molar-refractivity contribution in [2.24, 2.45) is 5.92 Å². The minimum atomic E-state index is -0.416. The second-order valence-corrected chi connectivity index (χ2v) is 21.2. The summed E-state index contributed by atoms with van der Waals surface area (Å²) in [5.41, 5.74) is 15.8. The summed E-state index contributed by atoms with van der Waals surface area (Å²) in [6.45, 7) is 6.55. The number of hydrogen-bond acceptors (Lipinski definition) is 2. The molecule has 0 radical (unpaired) electrons. The van der Waals surface area contributed by atoms with E-state index in [1.807, 2.05) is 54.7 Å². The van der Waals surface area contributed by atoms with Crippen LogP contribution in [0.25, 0.3) is 83.4 Å². The molecule has 2 unspecified atom stereocenters. The second kappa shape index (κ2) is 17.5. The van der Waals surface area contributed by atoms with E-state index in [-0.39, 0.29) is 35.1 Å². The van der Waals surface area contributed by atoms with Gasteiger partial charge in [0.15, 0.2) is 0 Å². The van der Waals surface area contributed by atoms with Crippen molar-refractivity contribution in [2.45, 2.75) is 64.2 Å². The van der Waals surface area contributed by atoms with Crippen LogP contribution in [0.5, 0.6) is 11.5 Å². The first-order valence-electron chi connectivity index (χ1n) is 27.2. The van der Waals surface area contributed by atoms with E-state index in [0.29, 0.717) is 23.0 Å². The van der Waals surface area contributed by atoms with E-state index in [9.17, 15) is 0 Å². The van der Waals surface area contributed by atoms with Crippen LogP contribution in [-0.4, -0.2) is 18.7 Å². The molecule has 2 aliphatic rings. The summed E-state index contributed by atoms with van der Waals surface area (Å²) < 4.78 is 57.5. The van der Waals surface area contributed by atoms with E-state index in [4.69, 9.17) is 16.6 Å². The molecule has 0 saturated heterocycles. The molecule has 2 aliphatic carbocycles. The second-order valence-electron chi connectivity index (χ2n) is 20.2. The molecule has 0 amide bonds. The maximum absolute atomic E-state index is 8.79. The number of fused-ring (bicyclic) bond motifs is 7. The van der Waals surface area contributed by atoms with Gasteiger partial charge in [0.05, 0.1) is 6.85 Å². The van der Waals surface area contributed by atoms with Crippen molar-refractivity contribution in [3.63, 3.8) is 0 Å². The van der Waals surface area contributed by atoms with Crippen LogP contribution in [0.3, 0.4) is 0 Å². The van der Waals surface area contributed by atoms with Crippen molar-refractivity contribution >= 4 is 32.8 Å². The predicted molar refractivity (Wildman–Crippen MR) is 288 cm³/mol. The molecule has 1 saturated carbocycles. The average Bonchev–Trinajstić information content (AvgIpc) is 4.14. The van der Waals surface area contributed by atoms with Gasteiger partial charge in [-0.05, 0) is 28.2 Å². The summed E-state index contributed by atoms with van der Waals surface area (Å²) in [4.78, 5) is 4.92. The molecule has 3 heterocycles. The van der Waals surface area contributed by atoms with Crippen LogP contribution in [0.2, 0.25) is 0 Å². The molecule has 0 bridgehead atoms. The van der Waals surface area contributed by atoms with Gasteiger partial charge in [0.1, 0.15) is 0 Å². The molecule has 2 atom stereocenters. The van der Waals surface area contributed by atoms with Gasteiger partial charge in [-0.15, -0.1) is 0 Å². The summed E-state index contributed by atoms with van der Waals surface area (Å²) >= 11 is 2.54. The van der Waals surface area contributed by atoms with E-state index in [1.54, 1.807) is 0 Å². The standard InChI is InChI=1S/C65H54N4O.Pt/c1-65(2,3)48-35-36-66-62(38-48)69-58-34-30-47(43-17-7-4-8-18-43)37-57(58)53-33-31-51(40-61(53)69)70-50-25-16-24-49(39-50)67-42-68(60-28-14-13-27-59(60)67)64-55(44-19-9-5-10-20-44)41-56-52-26-15-23-45(52)29-32-54(56)63(64)46-21-11-6-12-22-46;/h4-14,16-22,24-25,27-28,30-31,33-41,45,52H,15,23,26,29,32H2,1-3H3;/i4D,7D,8D,17D,18D;. The third-order valence-corrected chi connectivity index (χ3v) is 16.0. The van der Waals surface area contributed by atoms with Crippen molar-refractivity contribution in [1.82, 2.24) is 18.7 Å². The van der Waals surface area contributed by atoms with Crippen LogP contribution in [0.1, 0.15) is 75.9 Å². The first kappa shape index (κ1) is 38.4. The molecule has 0 spiro atoms. The Labute approximate surface area is 433 Å². The van der Waals surface area contributed by atoms with Crippen LogP contribution in [0.4, 0.5) is 0 Å². The van der Waals surface area contributed by atoms with Gasteiger partial charge in [-0.3, -0.25) is 0 Å². The number of nitrogens with zero attached hydrogens (tertiary/aromatic N) is 4. The smallest absolute Gasteiger partial charge is 0.0617 e. The zero-order valence-corrected chi connectivity index (χ0v) is 42.1. The zero-order valence-electron chi connectivity index (χ0n) is 44.9. The van der Waals surface area contributed by atoms with Crippen molar-refractivity contribution in [3.05, 3.63) is 221 Å². The molecule has 0 aliphatic heterocycles. The molecule has 0 N–H and O–H groups in total. The van der Waals surface area contributed by atoms with Gasteiger partial charge >= 0.3 is 337 Å². The van der Waals surface area contributed by atoms with Gasteiger partial charge in [-0.2, -0.15) is 0 Å². The molecule has 6 heteroatoms. The molecule has 71 heavy (non-hydrogen) atoms. The number of pyridine rings is 1. The van der Waals surface area contributed by atoms with Gasteiger partial charge in [-0.1, -0.05) is 57.0 Å². The molecule has 350 valence electrons. The molecular weight excluding hydrogens is 1050 g/mol. The van der Waals surface area contributed by atoms with E-state index in [0.717, 1.165) is 66.1 Å². The number of benzene rings is 8. The Balaban J connectivity index is 0.964. The Kier molecular flexibility index (Phi) is 9.48. The topological polar surface area (TPSA) is 36.9 Å². The number of hydrogen-bond donors (Lipinski definition) is 0. The fraction of sp³-hybridized carbons (Fsp3) is 0.169. The van der Waals surface area contributed by atoms with Crippen LogP contribution < -0.4 is 4.74 Å². The van der Waals surface area contributed by atoms with Gasteiger partial charge in [0, 0.05) is 6.20 Å². The van der Waals surface area contributed by atoms with Crippen LogP contribution >= 0.6 is 0 Å². The van der Waals surface area contributed by atoms with Crippen molar-refractivity contribution in [3.8, 4) is 62.1 Å². The normalized spacial score (nSPS) is 16.6. The Morgan fingerprint density at radius 3 is 2.13 bits per heavy atom. The van der Waals surface area contributed by atoms with E-state index < -0.39 is 6.04 Å². The first-order chi connectivity index (χ1) is 36.8. The Bertz CT molecular complexity index is 4180. The fourth-order valence-corrected chi connectivity index (χ4v) is 12.8. The first-order valence-corrected chi connectivity index (χ1v) is 25.9. The third-order valence-electron chi connectivity index (χ3n) is 15.0. The molecule has 8 aromatic carbocycles.